The molecule has 2 rings (SSSR count). The molecule has 0 aliphatic carbocycles. The smallest absolute Gasteiger partial charge is 0.243 e. The fourth-order valence-corrected chi connectivity index (χ4v) is 2.27. The molecule has 0 aliphatic heterocycles. The predicted octanol–water partition coefficient (Wildman–Crippen LogP) is 4.81. The molecule has 5 heteroatoms. The van der Waals surface area contributed by atoms with E-state index in [-0.39, 0.29) is 12.5 Å². The van der Waals surface area contributed by atoms with Crippen LogP contribution in [-0.4, -0.2) is 25.7 Å². The average Bonchev–Trinajstić information content (AvgIpc) is 2.64. The van der Waals surface area contributed by atoms with Crippen molar-refractivity contribution < 1.29 is 14.3 Å². The summed E-state index contributed by atoms with van der Waals surface area (Å²) in [5.41, 5.74) is 1.57. The first-order chi connectivity index (χ1) is 12.9. The minimum Gasteiger partial charge on any atom is -0.493 e. The molecule has 0 unspecified atom stereocenters. The van der Waals surface area contributed by atoms with E-state index in [1.54, 1.807) is 0 Å². The van der Waals surface area contributed by atoms with Gasteiger partial charge < -0.3 is 20.1 Å². The highest BCUT2D eigenvalue weighted by Crippen LogP contribution is 2.19. The van der Waals surface area contributed by atoms with Crippen LogP contribution >= 0.6 is 0 Å². The Morgan fingerprint density at radius 2 is 1.37 bits per heavy atom. The van der Waals surface area contributed by atoms with Gasteiger partial charge in [0, 0.05) is 23.5 Å². The van der Waals surface area contributed by atoms with Crippen molar-refractivity contribution in [3.05, 3.63) is 48.5 Å². The molecule has 0 atom stereocenters. The molecular weight excluding hydrogens is 340 g/mol. The highest BCUT2D eigenvalue weighted by atomic mass is 16.5. The van der Waals surface area contributed by atoms with Crippen molar-refractivity contribution in [2.45, 2.75) is 27.7 Å². The third kappa shape index (κ3) is 8.03. The fraction of sp³-hybridized carbons (Fsp3) is 0.409. The SMILES string of the molecule is CC(C)COc1cccc(NCC(=O)Nc2cccc(OCC(C)C)c2)c1. The topological polar surface area (TPSA) is 59.6 Å². The van der Waals surface area contributed by atoms with Gasteiger partial charge in [-0.15, -0.1) is 0 Å². The summed E-state index contributed by atoms with van der Waals surface area (Å²) in [6, 6.07) is 15.1. The molecule has 2 N–H and O–H groups in total. The van der Waals surface area contributed by atoms with Crippen LogP contribution < -0.4 is 20.1 Å². The van der Waals surface area contributed by atoms with Crippen molar-refractivity contribution >= 4 is 17.3 Å². The Kier molecular flexibility index (Phi) is 7.99. The maximum Gasteiger partial charge on any atom is 0.243 e. The molecule has 2 aromatic rings. The molecule has 0 aromatic heterocycles. The van der Waals surface area contributed by atoms with Crippen molar-refractivity contribution in [1.29, 1.82) is 0 Å². The summed E-state index contributed by atoms with van der Waals surface area (Å²) in [6.07, 6.45) is 0. The normalized spacial score (nSPS) is 10.7. The lowest BCUT2D eigenvalue weighted by Gasteiger charge is -2.12. The van der Waals surface area contributed by atoms with E-state index in [2.05, 4.69) is 38.3 Å². The first-order valence-corrected chi connectivity index (χ1v) is 9.42. The second kappa shape index (κ2) is 10.5. The Bertz CT molecular complexity index is 729. The molecule has 1 amide bonds. The van der Waals surface area contributed by atoms with Crippen LogP contribution in [0.1, 0.15) is 27.7 Å². The van der Waals surface area contributed by atoms with Crippen LogP contribution in [0.2, 0.25) is 0 Å². The molecule has 0 saturated heterocycles. The maximum atomic E-state index is 12.2. The second-order valence-electron chi connectivity index (χ2n) is 7.37. The molecule has 2 aromatic carbocycles. The Labute approximate surface area is 162 Å². The fourth-order valence-electron chi connectivity index (χ4n) is 2.27. The number of nitrogens with one attached hydrogen (secondary N) is 2. The number of ether oxygens (including phenoxy) is 2. The minimum atomic E-state index is -0.121. The van der Waals surface area contributed by atoms with E-state index in [0.29, 0.717) is 25.0 Å². The van der Waals surface area contributed by atoms with Gasteiger partial charge >= 0.3 is 0 Å². The number of amides is 1. The summed E-state index contributed by atoms with van der Waals surface area (Å²) < 4.78 is 11.4. The molecule has 0 aliphatic rings. The van der Waals surface area contributed by atoms with Crippen molar-refractivity contribution in [1.82, 2.24) is 0 Å². The lowest BCUT2D eigenvalue weighted by molar-refractivity contribution is -0.114. The molecule has 0 heterocycles. The van der Waals surface area contributed by atoms with E-state index in [1.165, 1.54) is 0 Å². The minimum absolute atomic E-state index is 0.121. The van der Waals surface area contributed by atoms with Gasteiger partial charge in [-0.3, -0.25) is 4.79 Å². The van der Waals surface area contributed by atoms with Crippen molar-refractivity contribution in [3.63, 3.8) is 0 Å². The standard InChI is InChI=1S/C22H30N2O3/c1-16(2)14-26-20-9-5-7-18(11-20)23-13-22(25)24-19-8-6-10-21(12-19)27-15-17(3)4/h5-12,16-17,23H,13-15H2,1-4H3,(H,24,25). The molecule has 0 bridgehead atoms. The number of benzene rings is 2. The van der Waals surface area contributed by atoms with Gasteiger partial charge in [0.2, 0.25) is 5.91 Å². The van der Waals surface area contributed by atoms with Crippen molar-refractivity contribution in [2.24, 2.45) is 11.8 Å². The van der Waals surface area contributed by atoms with E-state index in [1.807, 2.05) is 48.5 Å². The summed E-state index contributed by atoms with van der Waals surface area (Å²) >= 11 is 0. The lowest BCUT2D eigenvalue weighted by Crippen LogP contribution is -2.21. The van der Waals surface area contributed by atoms with E-state index < -0.39 is 0 Å². The molecule has 0 spiro atoms. The second-order valence-corrected chi connectivity index (χ2v) is 7.37. The van der Waals surface area contributed by atoms with Crippen LogP contribution in [0.25, 0.3) is 0 Å². The summed E-state index contributed by atoms with van der Waals surface area (Å²) in [4.78, 5) is 12.2. The molecular formula is C22H30N2O3. The largest absolute Gasteiger partial charge is 0.493 e. The van der Waals surface area contributed by atoms with Gasteiger partial charge in [0.1, 0.15) is 11.5 Å². The van der Waals surface area contributed by atoms with Crippen LogP contribution in [0.5, 0.6) is 11.5 Å². The Morgan fingerprint density at radius 3 is 1.93 bits per heavy atom. The summed E-state index contributed by atoms with van der Waals surface area (Å²) in [7, 11) is 0. The molecule has 0 saturated carbocycles. The number of hydrogen-bond donors (Lipinski definition) is 2. The first kappa shape index (κ1) is 20.6. The van der Waals surface area contributed by atoms with Crippen LogP contribution in [0.15, 0.2) is 48.5 Å². The van der Waals surface area contributed by atoms with Gasteiger partial charge in [-0.2, -0.15) is 0 Å². The van der Waals surface area contributed by atoms with E-state index in [0.717, 1.165) is 22.9 Å². The van der Waals surface area contributed by atoms with Gasteiger partial charge in [-0.05, 0) is 36.1 Å². The van der Waals surface area contributed by atoms with Gasteiger partial charge in [0.25, 0.3) is 0 Å². The van der Waals surface area contributed by atoms with E-state index in [9.17, 15) is 4.79 Å². The van der Waals surface area contributed by atoms with Gasteiger partial charge in [0.05, 0.1) is 19.8 Å². The molecule has 5 nitrogen and oxygen atoms in total. The summed E-state index contributed by atoms with van der Waals surface area (Å²) in [5, 5.41) is 6.01. The number of carbonyl (C=O) groups excluding carboxylic acids is 1. The van der Waals surface area contributed by atoms with Gasteiger partial charge in [0.15, 0.2) is 0 Å². The number of carbonyl (C=O) groups is 1. The average molecular weight is 370 g/mol. The third-order valence-corrected chi connectivity index (χ3v) is 3.57. The molecule has 0 radical (unpaired) electrons. The zero-order valence-electron chi connectivity index (χ0n) is 16.6. The van der Waals surface area contributed by atoms with Gasteiger partial charge in [-0.25, -0.2) is 0 Å². The van der Waals surface area contributed by atoms with Crippen LogP contribution in [0.3, 0.4) is 0 Å². The van der Waals surface area contributed by atoms with E-state index in [4.69, 9.17) is 9.47 Å². The zero-order valence-corrected chi connectivity index (χ0v) is 16.6. The molecule has 146 valence electrons. The van der Waals surface area contributed by atoms with Crippen LogP contribution in [0.4, 0.5) is 11.4 Å². The molecule has 0 fully saturated rings. The molecule has 27 heavy (non-hydrogen) atoms. The lowest BCUT2D eigenvalue weighted by atomic mass is 10.2. The van der Waals surface area contributed by atoms with Crippen LogP contribution in [-0.2, 0) is 4.79 Å². The van der Waals surface area contributed by atoms with E-state index >= 15 is 0 Å². The summed E-state index contributed by atoms with van der Waals surface area (Å²) in [6.45, 7) is 9.89. The number of rotatable bonds is 10. The Morgan fingerprint density at radius 1 is 0.852 bits per heavy atom. The number of anilines is 2. The van der Waals surface area contributed by atoms with Crippen molar-refractivity contribution in [3.8, 4) is 11.5 Å². The highest BCUT2D eigenvalue weighted by Gasteiger charge is 2.05. The third-order valence-electron chi connectivity index (χ3n) is 3.57. The van der Waals surface area contributed by atoms with Gasteiger partial charge in [-0.1, -0.05) is 39.8 Å². The number of hydrogen-bond acceptors (Lipinski definition) is 4. The highest BCUT2D eigenvalue weighted by molar-refractivity contribution is 5.93. The first-order valence-electron chi connectivity index (χ1n) is 9.42. The summed E-state index contributed by atoms with van der Waals surface area (Å²) in [5.74, 6) is 2.35. The Balaban J connectivity index is 1.84. The predicted molar refractivity (Wildman–Crippen MR) is 111 cm³/mol. The quantitative estimate of drug-likeness (QED) is 0.630. The van der Waals surface area contributed by atoms with Crippen LogP contribution in [0, 0.1) is 11.8 Å². The monoisotopic (exact) mass is 370 g/mol. The zero-order chi connectivity index (χ0) is 19.6. The van der Waals surface area contributed by atoms with Crippen molar-refractivity contribution in [2.75, 3.05) is 30.4 Å². The maximum absolute atomic E-state index is 12.2. The Hall–Kier alpha value is -2.69.